The molecule has 3 aromatic rings. The van der Waals surface area contributed by atoms with Crippen LogP contribution in [0.1, 0.15) is 41.2 Å². The number of likely N-dealkylation sites (tertiary alicyclic amines) is 1. The molecule has 0 radical (unpaired) electrons. The molecular weight excluding hydrogens is 591 g/mol. The van der Waals surface area contributed by atoms with Gasteiger partial charge < -0.3 is 34.9 Å². The second-order valence-corrected chi connectivity index (χ2v) is 11.9. The van der Waals surface area contributed by atoms with Crippen LogP contribution in [-0.4, -0.2) is 83.4 Å². The fourth-order valence-electron chi connectivity index (χ4n) is 5.75. The average Bonchev–Trinajstić information content (AvgIpc) is 3.70. The molecule has 2 unspecified atom stereocenters. The van der Waals surface area contributed by atoms with Gasteiger partial charge in [-0.2, -0.15) is 0 Å². The van der Waals surface area contributed by atoms with Gasteiger partial charge in [-0.1, -0.05) is 36.4 Å². The first-order valence-corrected chi connectivity index (χ1v) is 14.8. The third-order valence-corrected chi connectivity index (χ3v) is 8.80. The summed E-state index contributed by atoms with van der Waals surface area (Å²) in [7, 11) is -3.69. The SMILES string of the molecule is COc1cccc2[nH]c(C(=O)N3C[C@H](c4ccccc4)CC3C(=O)N[C@@H](C[C@@H]3CCNC3=O)C(O)S(=O)(=O)[O-])cc12.[K+]. The second kappa shape index (κ2) is 13.6. The Morgan fingerprint density at radius 3 is 2.57 bits per heavy atom. The van der Waals surface area contributed by atoms with E-state index in [2.05, 4.69) is 15.6 Å². The number of H-pyrrole nitrogens is 1. The number of nitrogens with one attached hydrogen (secondary N) is 3. The summed E-state index contributed by atoms with van der Waals surface area (Å²) in [6, 6.07) is 13.8. The largest absolute Gasteiger partial charge is 1.00 e. The Bertz CT molecular complexity index is 1560. The van der Waals surface area contributed by atoms with Gasteiger partial charge in [-0.05, 0) is 43.0 Å². The fraction of sp³-hybridized carbons (Fsp3) is 0.393. The maximum atomic E-state index is 13.8. The van der Waals surface area contributed by atoms with Crippen LogP contribution in [0, 0.1) is 5.92 Å². The van der Waals surface area contributed by atoms with Gasteiger partial charge in [0.25, 0.3) is 5.91 Å². The normalized spacial score (nSPS) is 21.8. The Labute approximate surface area is 285 Å². The number of hydrogen-bond donors (Lipinski definition) is 4. The van der Waals surface area contributed by atoms with Crippen LogP contribution in [0.4, 0.5) is 0 Å². The zero-order valence-corrected chi connectivity index (χ0v) is 27.2. The first-order valence-electron chi connectivity index (χ1n) is 13.3. The zero-order valence-electron chi connectivity index (χ0n) is 23.3. The predicted octanol–water partition coefficient (Wildman–Crippen LogP) is -1.95. The number of aromatic amines is 1. The minimum atomic E-state index is -5.22. The van der Waals surface area contributed by atoms with Crippen molar-refractivity contribution >= 4 is 38.7 Å². The maximum Gasteiger partial charge on any atom is 1.00 e. The number of aliphatic hydroxyl groups is 1. The number of nitrogens with zero attached hydrogens (tertiary/aromatic N) is 1. The van der Waals surface area contributed by atoms with E-state index in [-0.39, 0.29) is 88.3 Å². The molecule has 5 rings (SSSR count). The molecule has 2 fully saturated rings. The first kappa shape index (κ1) is 32.6. The van der Waals surface area contributed by atoms with Crippen molar-refractivity contribution in [2.75, 3.05) is 20.2 Å². The number of methoxy groups -OCH3 is 1. The van der Waals surface area contributed by atoms with Crippen molar-refractivity contribution in [2.24, 2.45) is 5.92 Å². The van der Waals surface area contributed by atoms with E-state index in [1.807, 2.05) is 30.3 Å². The molecular formula is C28H31KN4O8S. The number of hydrogen-bond acceptors (Lipinski definition) is 8. The topological polar surface area (TPSA) is 181 Å². The van der Waals surface area contributed by atoms with E-state index in [4.69, 9.17) is 4.74 Å². The summed E-state index contributed by atoms with van der Waals surface area (Å²) in [6.07, 6.45) is 0.345. The third-order valence-electron chi connectivity index (χ3n) is 7.88. The standard InChI is InChI=1S/C28H32N4O8S.K/c1-40-24-9-5-8-20-19(24)14-21(30-20)27(35)32-15-18(16-6-3-2-4-7-16)13-23(32)26(34)31-22(28(36)41(37,38)39)12-17-10-11-29-25(17)33;/h2-9,14,17-18,22-23,28,30,36H,10-13,15H2,1H3,(H,29,33)(H,31,34)(H,37,38,39);/q;+1/p-1/t17-,18+,22-,23?,28?;/m0./s1. The summed E-state index contributed by atoms with van der Waals surface area (Å²) in [6.45, 7) is 0.564. The number of fused-ring (bicyclic) bond motifs is 1. The van der Waals surface area contributed by atoms with Crippen molar-refractivity contribution < 1.29 is 88.6 Å². The predicted molar refractivity (Wildman–Crippen MR) is 147 cm³/mol. The molecule has 14 heteroatoms. The molecule has 42 heavy (non-hydrogen) atoms. The average molecular weight is 623 g/mol. The van der Waals surface area contributed by atoms with Gasteiger partial charge in [-0.15, -0.1) is 0 Å². The van der Waals surface area contributed by atoms with Gasteiger partial charge in [0.15, 0.2) is 5.44 Å². The van der Waals surface area contributed by atoms with Crippen LogP contribution in [0.5, 0.6) is 5.75 Å². The quantitative estimate of drug-likeness (QED) is 0.157. The van der Waals surface area contributed by atoms with Crippen LogP contribution in [0.3, 0.4) is 0 Å². The number of amides is 3. The summed E-state index contributed by atoms with van der Waals surface area (Å²) in [5, 5.41) is 16.2. The van der Waals surface area contributed by atoms with E-state index in [1.165, 1.54) is 12.0 Å². The second-order valence-electron chi connectivity index (χ2n) is 10.4. The monoisotopic (exact) mass is 622 g/mol. The molecule has 3 heterocycles. The van der Waals surface area contributed by atoms with E-state index < -0.39 is 45.4 Å². The summed E-state index contributed by atoms with van der Waals surface area (Å²) < 4.78 is 40.6. The van der Waals surface area contributed by atoms with Crippen LogP contribution in [0.2, 0.25) is 0 Å². The van der Waals surface area contributed by atoms with Gasteiger partial charge >= 0.3 is 51.4 Å². The van der Waals surface area contributed by atoms with Crippen molar-refractivity contribution in [1.82, 2.24) is 20.5 Å². The molecule has 0 aliphatic carbocycles. The third kappa shape index (κ3) is 6.91. The minimum absolute atomic E-state index is 0. The van der Waals surface area contributed by atoms with Crippen LogP contribution in [0.25, 0.3) is 10.9 Å². The van der Waals surface area contributed by atoms with E-state index in [9.17, 15) is 32.5 Å². The molecule has 218 valence electrons. The van der Waals surface area contributed by atoms with Crippen LogP contribution >= 0.6 is 0 Å². The van der Waals surface area contributed by atoms with E-state index in [1.54, 1.807) is 24.3 Å². The van der Waals surface area contributed by atoms with Crippen LogP contribution in [-0.2, 0) is 19.7 Å². The van der Waals surface area contributed by atoms with Crippen molar-refractivity contribution in [1.29, 1.82) is 0 Å². The number of aliphatic hydroxyl groups excluding tert-OH is 1. The zero-order chi connectivity index (χ0) is 29.3. The van der Waals surface area contributed by atoms with Gasteiger partial charge in [0.1, 0.15) is 27.6 Å². The van der Waals surface area contributed by atoms with Crippen LogP contribution in [0.15, 0.2) is 54.6 Å². The van der Waals surface area contributed by atoms with Crippen LogP contribution < -0.4 is 66.8 Å². The van der Waals surface area contributed by atoms with Crippen molar-refractivity contribution in [3.8, 4) is 5.75 Å². The molecule has 2 aromatic carbocycles. The van der Waals surface area contributed by atoms with Gasteiger partial charge in [-0.25, -0.2) is 8.42 Å². The number of ether oxygens (including phenoxy) is 1. The van der Waals surface area contributed by atoms with Gasteiger partial charge in [0.2, 0.25) is 11.8 Å². The van der Waals surface area contributed by atoms with E-state index in [0.29, 0.717) is 29.6 Å². The van der Waals surface area contributed by atoms with Crippen molar-refractivity contribution in [3.05, 3.63) is 65.9 Å². The molecule has 4 N–H and O–H groups in total. The summed E-state index contributed by atoms with van der Waals surface area (Å²) >= 11 is 0. The Morgan fingerprint density at radius 1 is 1.19 bits per heavy atom. The molecule has 0 bridgehead atoms. The number of carbonyl (C=O) groups excluding carboxylic acids is 3. The fourth-order valence-corrected chi connectivity index (χ4v) is 6.34. The minimum Gasteiger partial charge on any atom is -0.746 e. The first-order chi connectivity index (χ1) is 19.6. The molecule has 0 spiro atoms. The van der Waals surface area contributed by atoms with Gasteiger partial charge in [-0.3, -0.25) is 14.4 Å². The molecule has 3 amide bonds. The summed E-state index contributed by atoms with van der Waals surface area (Å²) in [4.78, 5) is 44.2. The summed E-state index contributed by atoms with van der Waals surface area (Å²) in [5.74, 6) is -1.85. The van der Waals surface area contributed by atoms with Gasteiger partial charge in [0, 0.05) is 35.8 Å². The molecule has 2 aliphatic heterocycles. The molecule has 1 aromatic heterocycles. The Morgan fingerprint density at radius 2 is 1.93 bits per heavy atom. The Balaban J connectivity index is 0.00000405. The number of rotatable bonds is 9. The van der Waals surface area contributed by atoms with Gasteiger partial charge in [0.05, 0.1) is 13.2 Å². The molecule has 2 saturated heterocycles. The molecule has 0 saturated carbocycles. The number of benzene rings is 2. The molecule has 2 aliphatic rings. The van der Waals surface area contributed by atoms with Crippen molar-refractivity contribution in [2.45, 2.75) is 42.7 Å². The smallest absolute Gasteiger partial charge is 0.746 e. The van der Waals surface area contributed by atoms with E-state index >= 15 is 0 Å². The van der Waals surface area contributed by atoms with Crippen molar-refractivity contribution in [3.63, 3.8) is 0 Å². The van der Waals surface area contributed by atoms with E-state index in [0.717, 1.165) is 5.56 Å². The Kier molecular flexibility index (Phi) is 10.5. The molecule has 5 atom stereocenters. The molecule has 12 nitrogen and oxygen atoms in total. The Hall–Kier alpha value is -2.30. The number of carbonyl (C=O) groups is 3. The number of aromatic nitrogens is 1. The maximum absolute atomic E-state index is 13.8. The summed E-state index contributed by atoms with van der Waals surface area (Å²) in [5.41, 5.74) is -0.639.